The van der Waals surface area contributed by atoms with Gasteiger partial charge in [0.05, 0.1) is 17.5 Å². The third-order valence-electron chi connectivity index (χ3n) is 5.37. The SMILES string of the molecule is CCCCn1c(COc2ccc([N+](=O)[O-])cc2F)nc2c1c(=O)[nH]c(=O)n2Cc1ccccc1. The van der Waals surface area contributed by atoms with Crippen LogP contribution in [0.15, 0.2) is 58.1 Å². The van der Waals surface area contributed by atoms with Crippen molar-refractivity contribution in [1.82, 2.24) is 19.1 Å². The Morgan fingerprint density at radius 3 is 2.59 bits per heavy atom. The van der Waals surface area contributed by atoms with Crippen molar-refractivity contribution in [2.75, 3.05) is 0 Å². The molecule has 2 aromatic heterocycles. The zero-order valence-corrected chi connectivity index (χ0v) is 18.4. The number of hydrogen-bond acceptors (Lipinski definition) is 6. The summed E-state index contributed by atoms with van der Waals surface area (Å²) in [6.45, 7) is 2.44. The Kier molecular flexibility index (Phi) is 6.53. The number of H-pyrrole nitrogens is 1. The monoisotopic (exact) mass is 467 g/mol. The summed E-state index contributed by atoms with van der Waals surface area (Å²) in [6.07, 6.45) is 1.58. The van der Waals surface area contributed by atoms with Gasteiger partial charge in [-0.1, -0.05) is 43.7 Å². The van der Waals surface area contributed by atoms with Crippen molar-refractivity contribution in [2.24, 2.45) is 0 Å². The Hall–Kier alpha value is -4.28. The van der Waals surface area contributed by atoms with Gasteiger partial charge in [0.2, 0.25) is 0 Å². The van der Waals surface area contributed by atoms with Gasteiger partial charge < -0.3 is 9.30 Å². The minimum atomic E-state index is -0.885. The molecule has 0 amide bonds. The van der Waals surface area contributed by atoms with Crippen molar-refractivity contribution in [3.05, 3.63) is 96.7 Å². The third kappa shape index (κ3) is 4.58. The highest BCUT2D eigenvalue weighted by atomic mass is 19.1. The van der Waals surface area contributed by atoms with E-state index < -0.39 is 27.7 Å². The first kappa shape index (κ1) is 22.9. The summed E-state index contributed by atoms with van der Waals surface area (Å²) < 4.78 is 22.9. The third-order valence-corrected chi connectivity index (χ3v) is 5.37. The van der Waals surface area contributed by atoms with E-state index in [0.29, 0.717) is 12.4 Å². The maximum Gasteiger partial charge on any atom is 0.330 e. The fraction of sp³-hybridized carbons (Fsp3) is 0.261. The van der Waals surface area contributed by atoms with Crippen LogP contribution in [-0.2, 0) is 19.7 Å². The molecule has 10 nitrogen and oxygen atoms in total. The van der Waals surface area contributed by atoms with E-state index in [0.717, 1.165) is 30.5 Å². The lowest BCUT2D eigenvalue weighted by Crippen LogP contribution is -2.31. The van der Waals surface area contributed by atoms with Gasteiger partial charge in [0.15, 0.2) is 22.7 Å². The predicted octanol–water partition coefficient (Wildman–Crippen LogP) is 3.36. The Morgan fingerprint density at radius 1 is 1.15 bits per heavy atom. The van der Waals surface area contributed by atoms with Gasteiger partial charge in [-0.25, -0.2) is 14.2 Å². The number of hydrogen-bond donors (Lipinski definition) is 1. The van der Waals surface area contributed by atoms with Crippen molar-refractivity contribution in [3.8, 4) is 5.75 Å². The molecule has 2 aromatic carbocycles. The van der Waals surface area contributed by atoms with Gasteiger partial charge in [0.1, 0.15) is 12.4 Å². The molecule has 1 N–H and O–H groups in total. The summed E-state index contributed by atoms with van der Waals surface area (Å²) in [5.74, 6) is -0.737. The normalized spacial score (nSPS) is 11.1. The fourth-order valence-corrected chi connectivity index (χ4v) is 3.66. The van der Waals surface area contributed by atoms with Crippen LogP contribution >= 0.6 is 0 Å². The Balaban J connectivity index is 1.76. The molecular weight excluding hydrogens is 445 g/mol. The average molecular weight is 467 g/mol. The maximum atomic E-state index is 14.3. The molecule has 4 rings (SSSR count). The summed E-state index contributed by atoms with van der Waals surface area (Å²) in [4.78, 5) is 42.4. The minimum absolute atomic E-state index is 0.185. The number of aromatic nitrogens is 4. The topological polar surface area (TPSA) is 125 Å². The van der Waals surface area contributed by atoms with Crippen LogP contribution in [0, 0.1) is 15.9 Å². The molecule has 0 bridgehead atoms. The van der Waals surface area contributed by atoms with Crippen LogP contribution in [0.4, 0.5) is 10.1 Å². The van der Waals surface area contributed by atoms with E-state index in [1.807, 2.05) is 37.3 Å². The highest BCUT2D eigenvalue weighted by Gasteiger charge is 2.20. The van der Waals surface area contributed by atoms with Crippen LogP contribution in [0.25, 0.3) is 11.2 Å². The van der Waals surface area contributed by atoms with Crippen molar-refractivity contribution in [2.45, 2.75) is 39.5 Å². The standard InChI is InChI=1S/C23H22FN5O5/c1-2-3-11-27-19(14-34-18-10-9-16(29(32)33)12-17(18)24)25-21-20(27)22(30)26-23(31)28(21)13-15-7-5-4-6-8-15/h4-10,12H,2-3,11,13-14H2,1H3,(H,26,30,31). The van der Waals surface area contributed by atoms with Gasteiger partial charge in [-0.2, -0.15) is 0 Å². The van der Waals surface area contributed by atoms with Crippen molar-refractivity contribution in [3.63, 3.8) is 0 Å². The first-order valence-electron chi connectivity index (χ1n) is 10.7. The number of nitrogens with one attached hydrogen (secondary N) is 1. The molecule has 0 atom stereocenters. The zero-order chi connectivity index (χ0) is 24.2. The lowest BCUT2D eigenvalue weighted by molar-refractivity contribution is -0.385. The van der Waals surface area contributed by atoms with E-state index in [-0.39, 0.29) is 30.1 Å². The first-order chi connectivity index (χ1) is 16.4. The number of ether oxygens (including phenoxy) is 1. The van der Waals surface area contributed by atoms with Crippen LogP contribution in [-0.4, -0.2) is 24.0 Å². The van der Waals surface area contributed by atoms with Gasteiger partial charge >= 0.3 is 5.69 Å². The van der Waals surface area contributed by atoms with E-state index in [9.17, 15) is 24.1 Å². The van der Waals surface area contributed by atoms with E-state index in [2.05, 4.69) is 9.97 Å². The Bertz CT molecular complexity index is 1460. The smallest absolute Gasteiger partial charge is 0.330 e. The first-order valence-corrected chi connectivity index (χ1v) is 10.7. The highest BCUT2D eigenvalue weighted by molar-refractivity contribution is 5.71. The van der Waals surface area contributed by atoms with Crippen LogP contribution < -0.4 is 16.0 Å². The summed E-state index contributed by atoms with van der Waals surface area (Å²) in [5.41, 5.74) is -0.261. The van der Waals surface area contributed by atoms with Gasteiger partial charge in [0.25, 0.3) is 11.2 Å². The van der Waals surface area contributed by atoms with Gasteiger partial charge in [-0.3, -0.25) is 24.5 Å². The molecule has 11 heteroatoms. The van der Waals surface area contributed by atoms with Crippen molar-refractivity contribution >= 4 is 16.9 Å². The van der Waals surface area contributed by atoms with E-state index >= 15 is 0 Å². The number of non-ortho nitro benzene ring substituents is 1. The zero-order valence-electron chi connectivity index (χ0n) is 18.4. The van der Waals surface area contributed by atoms with Crippen LogP contribution in [0.2, 0.25) is 0 Å². The molecule has 34 heavy (non-hydrogen) atoms. The summed E-state index contributed by atoms with van der Waals surface area (Å²) in [7, 11) is 0. The second kappa shape index (κ2) is 9.69. The predicted molar refractivity (Wildman–Crippen MR) is 122 cm³/mol. The second-order valence-corrected chi connectivity index (χ2v) is 7.70. The molecule has 4 aromatic rings. The molecule has 0 unspecified atom stereocenters. The number of aryl methyl sites for hydroxylation is 1. The fourth-order valence-electron chi connectivity index (χ4n) is 3.66. The number of unbranched alkanes of at least 4 members (excludes halogenated alkanes) is 1. The largest absolute Gasteiger partial charge is 0.483 e. The number of nitro benzene ring substituents is 1. The maximum absolute atomic E-state index is 14.3. The molecule has 2 heterocycles. The number of nitrogens with zero attached hydrogens (tertiary/aromatic N) is 4. The molecule has 0 spiro atoms. The van der Waals surface area contributed by atoms with E-state index in [1.54, 1.807) is 4.57 Å². The average Bonchev–Trinajstić information content (AvgIpc) is 3.18. The number of halogens is 1. The summed E-state index contributed by atoms with van der Waals surface area (Å²) in [5, 5.41) is 10.8. The second-order valence-electron chi connectivity index (χ2n) is 7.70. The molecule has 176 valence electrons. The molecule has 0 radical (unpaired) electrons. The molecular formula is C23H22FN5O5. The number of benzene rings is 2. The highest BCUT2D eigenvalue weighted by Crippen LogP contribution is 2.24. The van der Waals surface area contributed by atoms with Crippen molar-refractivity contribution in [1.29, 1.82) is 0 Å². The molecule has 0 saturated carbocycles. The Labute approximate surface area is 192 Å². The van der Waals surface area contributed by atoms with Crippen LogP contribution in [0.3, 0.4) is 0 Å². The number of fused-ring (bicyclic) bond motifs is 1. The van der Waals surface area contributed by atoms with Gasteiger partial charge in [-0.15, -0.1) is 0 Å². The minimum Gasteiger partial charge on any atom is -0.483 e. The van der Waals surface area contributed by atoms with Gasteiger partial charge in [0, 0.05) is 12.6 Å². The molecule has 0 saturated heterocycles. The lowest BCUT2D eigenvalue weighted by atomic mass is 10.2. The van der Waals surface area contributed by atoms with Crippen LogP contribution in [0.5, 0.6) is 5.75 Å². The van der Waals surface area contributed by atoms with Crippen molar-refractivity contribution < 1.29 is 14.1 Å². The molecule has 0 aliphatic heterocycles. The quantitative estimate of drug-likeness (QED) is 0.297. The summed E-state index contributed by atoms with van der Waals surface area (Å²) in [6, 6.07) is 12.4. The molecule has 0 aliphatic carbocycles. The number of nitro groups is 1. The van der Waals surface area contributed by atoms with E-state index in [4.69, 9.17) is 4.74 Å². The Morgan fingerprint density at radius 2 is 1.91 bits per heavy atom. The van der Waals surface area contributed by atoms with E-state index in [1.165, 1.54) is 10.6 Å². The number of imidazole rings is 1. The number of rotatable bonds is 9. The summed E-state index contributed by atoms with van der Waals surface area (Å²) >= 11 is 0. The lowest BCUT2D eigenvalue weighted by Gasteiger charge is -2.10. The molecule has 0 aliphatic rings. The van der Waals surface area contributed by atoms with Crippen LogP contribution in [0.1, 0.15) is 31.2 Å². The molecule has 0 fully saturated rings. The number of aromatic amines is 1. The van der Waals surface area contributed by atoms with Gasteiger partial charge in [-0.05, 0) is 18.1 Å².